The molecule has 232 valence electrons. The van der Waals surface area contributed by atoms with E-state index in [-0.39, 0.29) is 40.2 Å². The highest BCUT2D eigenvalue weighted by Gasteiger charge is 2.65. The van der Waals surface area contributed by atoms with Crippen LogP contribution in [0.25, 0.3) is 11.0 Å². The van der Waals surface area contributed by atoms with Crippen molar-refractivity contribution >= 4 is 16.9 Å². The molecule has 11 heteroatoms. The van der Waals surface area contributed by atoms with Crippen LogP contribution in [-0.2, 0) is 14.3 Å². The summed E-state index contributed by atoms with van der Waals surface area (Å²) in [5.74, 6) is 1.10. The molecule has 2 saturated heterocycles. The molecule has 6 heterocycles. The van der Waals surface area contributed by atoms with Gasteiger partial charge < -0.3 is 45.8 Å². The molecule has 0 bridgehead atoms. The van der Waals surface area contributed by atoms with Crippen molar-refractivity contribution in [3.63, 3.8) is 0 Å². The third kappa shape index (κ3) is 4.70. The zero-order valence-electron chi connectivity index (χ0n) is 25.1. The summed E-state index contributed by atoms with van der Waals surface area (Å²) in [5, 5.41) is 17.8. The minimum Gasteiger partial charge on any atom is -0.507 e. The van der Waals surface area contributed by atoms with E-state index in [1.165, 1.54) is 6.07 Å². The number of carbonyl (C=O) groups is 1. The van der Waals surface area contributed by atoms with Gasteiger partial charge in [0.2, 0.25) is 0 Å². The average molecular weight is 603 g/mol. The Hall–Kier alpha value is -4.38. The number of fused-ring (bicyclic) bond motifs is 4. The van der Waals surface area contributed by atoms with Gasteiger partial charge in [-0.3, -0.25) is 4.79 Å². The number of allylic oxidation sites excluding steroid dienone is 2. The fourth-order valence-electron chi connectivity index (χ4n) is 7.32. The lowest BCUT2D eigenvalue weighted by molar-refractivity contribution is -0.173. The molecule has 11 nitrogen and oxygen atoms in total. The van der Waals surface area contributed by atoms with Gasteiger partial charge in [-0.2, -0.15) is 0 Å². The van der Waals surface area contributed by atoms with Crippen LogP contribution in [0.15, 0.2) is 68.4 Å². The van der Waals surface area contributed by atoms with Crippen LogP contribution in [0.2, 0.25) is 0 Å². The van der Waals surface area contributed by atoms with Gasteiger partial charge in [-0.15, -0.1) is 0 Å². The van der Waals surface area contributed by atoms with Gasteiger partial charge in [0.1, 0.15) is 39.9 Å². The lowest BCUT2D eigenvalue weighted by Crippen LogP contribution is -2.53. The van der Waals surface area contributed by atoms with E-state index in [1.807, 2.05) is 26.0 Å². The number of epoxide rings is 1. The van der Waals surface area contributed by atoms with E-state index >= 15 is 0 Å². The second-order valence-electron chi connectivity index (χ2n) is 12.9. The number of esters is 1. The first kappa shape index (κ1) is 28.4. The van der Waals surface area contributed by atoms with Crippen molar-refractivity contribution in [2.45, 2.75) is 88.2 Å². The summed E-state index contributed by atoms with van der Waals surface area (Å²) in [6.07, 6.45) is 10.1. The first-order valence-corrected chi connectivity index (χ1v) is 15.2. The number of phenolic OH excluding ortho intramolecular Hbond substituents is 1. The van der Waals surface area contributed by atoms with Crippen LogP contribution in [0.5, 0.6) is 11.5 Å². The number of dihydropyridines is 2. The fraction of sp³-hybridized carbons (Fsp3) is 0.455. The maximum absolute atomic E-state index is 13.8. The fourth-order valence-corrected chi connectivity index (χ4v) is 7.32. The summed E-state index contributed by atoms with van der Waals surface area (Å²) in [4.78, 5) is 26.6. The number of phenols is 1. The molecule has 1 spiro atoms. The third-order valence-electron chi connectivity index (χ3n) is 9.43. The highest BCUT2D eigenvalue weighted by atomic mass is 16.7. The van der Waals surface area contributed by atoms with E-state index in [4.69, 9.17) is 30.1 Å². The Bertz CT molecular complexity index is 1750. The molecule has 0 saturated carbocycles. The summed E-state index contributed by atoms with van der Waals surface area (Å²) < 4.78 is 24.4. The number of carbonyl (C=O) groups excluding carboxylic acids is 1. The molecule has 2 fully saturated rings. The molecule has 0 amide bonds. The van der Waals surface area contributed by atoms with Crippen LogP contribution in [0.4, 0.5) is 0 Å². The van der Waals surface area contributed by atoms with Crippen molar-refractivity contribution < 1.29 is 28.5 Å². The molecule has 5 aliphatic heterocycles. The quantitative estimate of drug-likeness (QED) is 0.257. The van der Waals surface area contributed by atoms with Crippen LogP contribution < -0.4 is 32.3 Å². The molecule has 5 atom stereocenters. The van der Waals surface area contributed by atoms with E-state index in [9.17, 15) is 14.7 Å². The first-order valence-electron chi connectivity index (χ1n) is 15.2. The Kier molecular flexibility index (Phi) is 6.51. The number of rotatable bonds is 4. The molecule has 44 heavy (non-hydrogen) atoms. The molecule has 1 aromatic carbocycles. The second-order valence-corrected chi connectivity index (χ2v) is 12.9. The second kappa shape index (κ2) is 10.1. The Labute approximate surface area is 254 Å². The molecule has 2 aromatic rings. The maximum atomic E-state index is 13.8. The number of ether oxygens (including phenoxy) is 3. The molecular weight excluding hydrogens is 564 g/mol. The summed E-state index contributed by atoms with van der Waals surface area (Å²) >= 11 is 0. The van der Waals surface area contributed by atoms with Crippen molar-refractivity contribution in [3.8, 4) is 11.5 Å². The molecular formula is C33H38N4O7. The Morgan fingerprint density at radius 3 is 2.75 bits per heavy atom. The maximum Gasteiger partial charge on any atom is 0.341 e. The zero-order chi connectivity index (χ0) is 31.0. The van der Waals surface area contributed by atoms with Gasteiger partial charge >= 0.3 is 5.97 Å². The number of nitrogens with two attached hydrogens (primary N) is 2. The highest BCUT2D eigenvalue weighted by Crippen LogP contribution is 2.54. The van der Waals surface area contributed by atoms with Crippen molar-refractivity contribution in [1.29, 1.82) is 0 Å². The molecule has 1 aromatic heterocycles. The minimum absolute atomic E-state index is 0.0895. The molecule has 7 rings (SSSR count). The largest absolute Gasteiger partial charge is 0.507 e. The summed E-state index contributed by atoms with van der Waals surface area (Å²) in [6.45, 7) is 6.07. The van der Waals surface area contributed by atoms with Crippen molar-refractivity contribution in [3.05, 3.63) is 80.8 Å². The highest BCUT2D eigenvalue weighted by molar-refractivity contribution is 5.88. The van der Waals surface area contributed by atoms with Crippen LogP contribution in [-0.4, -0.2) is 47.1 Å². The summed E-state index contributed by atoms with van der Waals surface area (Å²) in [7, 11) is 0. The number of nitrogens with one attached hydrogen (secondary N) is 2. The third-order valence-corrected chi connectivity index (χ3v) is 9.43. The van der Waals surface area contributed by atoms with Gasteiger partial charge in [-0.1, -0.05) is 12.2 Å². The Morgan fingerprint density at radius 2 is 1.95 bits per heavy atom. The van der Waals surface area contributed by atoms with Crippen molar-refractivity contribution in [1.82, 2.24) is 10.6 Å². The zero-order valence-corrected chi connectivity index (χ0v) is 25.1. The van der Waals surface area contributed by atoms with Gasteiger partial charge in [0.25, 0.3) is 0 Å². The topological polar surface area (TPSA) is 175 Å². The first-order chi connectivity index (χ1) is 20.9. The van der Waals surface area contributed by atoms with Crippen LogP contribution >= 0.6 is 0 Å². The minimum atomic E-state index is -1.01. The number of hydrogen-bond donors (Lipinski definition) is 5. The van der Waals surface area contributed by atoms with Gasteiger partial charge in [0.15, 0.2) is 11.0 Å². The van der Waals surface area contributed by atoms with Crippen LogP contribution in [0.1, 0.15) is 63.2 Å². The predicted octanol–water partition coefficient (Wildman–Crippen LogP) is 3.10. The van der Waals surface area contributed by atoms with E-state index in [0.717, 1.165) is 11.1 Å². The van der Waals surface area contributed by atoms with Crippen molar-refractivity contribution in [2.75, 3.05) is 6.54 Å². The van der Waals surface area contributed by atoms with E-state index in [1.54, 1.807) is 13.0 Å². The SMILES string of the molecule is Cc1cc(=O)c2c(O)c3c(cc2o1)OC(C)(C)[C@@H]1OC(=O)[C@@]2(CCC[C@@H]31)O[C@@H]2CCC1=CC(C2=CCNC(N)=C2)NC(N)=C1. The molecule has 1 unspecified atom stereocenters. The normalized spacial score (nSPS) is 30.5. The Balaban J connectivity index is 1.10. The van der Waals surface area contributed by atoms with E-state index in [2.05, 4.69) is 22.8 Å². The molecule has 5 aliphatic rings. The summed E-state index contributed by atoms with van der Waals surface area (Å²) in [5.41, 5.74) is 12.8. The standard InChI is InChI=1S/C33H38N4O7/c1-16-11-21(38)28-22(41-16)15-23-27(29(28)39)19-5-4-9-33(31(40)42-30(19)32(2,3)43-23)24(44-33)7-6-17-12-20(37-26(35)13-17)18-8-10-36-25(34)14-18/h8,11-15,19-20,24,30,36-37,39H,4-7,9-10,34-35H2,1-3H3/t19-,20?,24+,30+,33-/m0/s1. The van der Waals surface area contributed by atoms with Gasteiger partial charge in [-0.05, 0) is 76.2 Å². The average Bonchev–Trinajstić information content (AvgIpc) is 3.66. The van der Waals surface area contributed by atoms with E-state index in [0.29, 0.717) is 67.4 Å². The van der Waals surface area contributed by atoms with E-state index < -0.39 is 23.3 Å². The Morgan fingerprint density at radius 1 is 1.14 bits per heavy atom. The molecule has 0 radical (unpaired) electrons. The van der Waals surface area contributed by atoms with Gasteiger partial charge in [0, 0.05) is 30.2 Å². The number of aryl methyl sites for hydroxylation is 1. The van der Waals surface area contributed by atoms with Gasteiger partial charge in [0.05, 0.1) is 23.8 Å². The molecule has 0 aliphatic carbocycles. The number of benzene rings is 1. The molecule has 7 N–H and O–H groups in total. The van der Waals surface area contributed by atoms with Crippen LogP contribution in [0, 0.1) is 6.92 Å². The monoisotopic (exact) mass is 602 g/mol. The smallest absolute Gasteiger partial charge is 0.341 e. The number of hydrogen-bond acceptors (Lipinski definition) is 11. The predicted molar refractivity (Wildman–Crippen MR) is 163 cm³/mol. The lowest BCUT2D eigenvalue weighted by atomic mass is 9.76. The summed E-state index contributed by atoms with van der Waals surface area (Å²) in [6, 6.07) is 2.93. The lowest BCUT2D eigenvalue weighted by Gasteiger charge is -2.45. The van der Waals surface area contributed by atoms with Crippen LogP contribution in [0.3, 0.4) is 0 Å². The number of aromatic hydroxyl groups is 1. The van der Waals surface area contributed by atoms with Crippen molar-refractivity contribution in [2.24, 2.45) is 11.5 Å². The van der Waals surface area contributed by atoms with Gasteiger partial charge in [-0.25, -0.2) is 4.79 Å².